The molecule has 0 aliphatic carbocycles. The van der Waals surface area contributed by atoms with Gasteiger partial charge in [0, 0.05) is 29.7 Å². The molecule has 0 spiro atoms. The van der Waals surface area contributed by atoms with Gasteiger partial charge in [0.15, 0.2) is 0 Å². The van der Waals surface area contributed by atoms with E-state index in [4.69, 9.17) is 21.4 Å². The number of hydrogen-bond donors (Lipinski definition) is 1. The van der Waals surface area contributed by atoms with Crippen molar-refractivity contribution in [2.24, 2.45) is 0 Å². The Morgan fingerprint density at radius 3 is 2.33 bits per heavy atom. The van der Waals surface area contributed by atoms with E-state index in [0.717, 1.165) is 3.57 Å². The molecule has 0 saturated carbocycles. The number of piperazine rings is 1. The summed E-state index contributed by atoms with van der Waals surface area (Å²) in [5.74, 6) is 0.268. The summed E-state index contributed by atoms with van der Waals surface area (Å²) in [7, 11) is 1.50. The Hall–Kier alpha value is -1.22. The summed E-state index contributed by atoms with van der Waals surface area (Å²) in [6.45, 7) is 1.33. The van der Waals surface area contributed by atoms with Crippen LogP contribution in [0, 0.1) is 3.57 Å². The lowest BCUT2D eigenvalue weighted by Gasteiger charge is -2.33. The van der Waals surface area contributed by atoms with Gasteiger partial charge in [0.2, 0.25) is 0 Å². The highest BCUT2D eigenvalue weighted by molar-refractivity contribution is 14.1. The number of methoxy groups -OCH3 is 1. The topological polar surface area (TPSA) is 70.1 Å². The van der Waals surface area contributed by atoms with Crippen molar-refractivity contribution >= 4 is 46.2 Å². The fraction of sp³-hybridized carbons (Fsp3) is 0.385. The van der Waals surface area contributed by atoms with Crippen LogP contribution in [-0.2, 0) is 0 Å². The molecule has 6 nitrogen and oxygen atoms in total. The predicted octanol–water partition coefficient (Wildman–Crippen LogP) is 2.39. The average molecular weight is 425 g/mol. The fourth-order valence-electron chi connectivity index (χ4n) is 2.14. The minimum Gasteiger partial charge on any atom is -0.496 e. The Balaban J connectivity index is 2.18. The number of benzene rings is 1. The number of hydrogen-bond acceptors (Lipinski definition) is 3. The van der Waals surface area contributed by atoms with Crippen molar-refractivity contribution in [2.75, 3.05) is 33.3 Å². The minimum absolute atomic E-state index is 0.199. The lowest BCUT2D eigenvalue weighted by molar-refractivity contribution is 0.0621. The van der Waals surface area contributed by atoms with Crippen LogP contribution in [0.15, 0.2) is 12.1 Å². The van der Waals surface area contributed by atoms with E-state index in [1.54, 1.807) is 17.0 Å². The van der Waals surface area contributed by atoms with Crippen molar-refractivity contribution in [1.82, 2.24) is 9.80 Å². The molecule has 8 heteroatoms. The van der Waals surface area contributed by atoms with Gasteiger partial charge in [-0.15, -0.1) is 0 Å². The number of carboxylic acid groups (broad SMARTS) is 1. The lowest BCUT2D eigenvalue weighted by Crippen LogP contribution is -2.50. The standard InChI is InChI=1S/C13H14ClIN2O4/c1-21-11-7-10(15)9(14)6-8(11)12(18)16-2-4-17(5-3-16)13(19)20/h6-7H,2-5H2,1H3,(H,19,20). The predicted molar refractivity (Wildman–Crippen MR) is 86.2 cm³/mol. The second kappa shape index (κ2) is 6.69. The average Bonchev–Trinajstić information content (AvgIpc) is 2.49. The zero-order valence-electron chi connectivity index (χ0n) is 11.3. The van der Waals surface area contributed by atoms with Gasteiger partial charge in [-0.25, -0.2) is 4.79 Å². The Morgan fingerprint density at radius 1 is 1.24 bits per heavy atom. The molecule has 1 aromatic carbocycles. The first-order valence-electron chi connectivity index (χ1n) is 6.24. The van der Waals surface area contributed by atoms with E-state index in [9.17, 15) is 9.59 Å². The Bertz CT molecular complexity index is 574. The van der Waals surface area contributed by atoms with E-state index in [1.807, 2.05) is 0 Å². The third kappa shape index (κ3) is 3.52. The van der Waals surface area contributed by atoms with Gasteiger partial charge in [0.25, 0.3) is 5.91 Å². The largest absolute Gasteiger partial charge is 0.496 e. The highest BCUT2D eigenvalue weighted by atomic mass is 127. The number of carbonyl (C=O) groups is 2. The van der Waals surface area contributed by atoms with Crippen molar-refractivity contribution < 1.29 is 19.4 Å². The summed E-state index contributed by atoms with van der Waals surface area (Å²) < 4.78 is 6.04. The maximum absolute atomic E-state index is 12.5. The van der Waals surface area contributed by atoms with Crippen LogP contribution in [0.2, 0.25) is 5.02 Å². The van der Waals surface area contributed by atoms with Crippen molar-refractivity contribution in [3.8, 4) is 5.75 Å². The maximum Gasteiger partial charge on any atom is 0.407 e. The van der Waals surface area contributed by atoms with E-state index >= 15 is 0 Å². The highest BCUT2D eigenvalue weighted by Gasteiger charge is 2.26. The van der Waals surface area contributed by atoms with Crippen LogP contribution < -0.4 is 4.74 Å². The SMILES string of the molecule is COc1cc(I)c(Cl)cc1C(=O)N1CCN(C(=O)O)CC1. The molecule has 2 rings (SSSR count). The maximum atomic E-state index is 12.5. The van der Waals surface area contributed by atoms with Crippen molar-refractivity contribution in [1.29, 1.82) is 0 Å². The molecule has 1 saturated heterocycles. The summed E-state index contributed by atoms with van der Waals surface area (Å²) in [5, 5.41) is 9.40. The molecule has 114 valence electrons. The zero-order valence-corrected chi connectivity index (χ0v) is 14.2. The van der Waals surface area contributed by atoms with E-state index in [1.165, 1.54) is 12.0 Å². The molecule has 0 aromatic heterocycles. The van der Waals surface area contributed by atoms with E-state index in [-0.39, 0.29) is 5.91 Å². The molecule has 1 aliphatic rings. The molecule has 2 amide bonds. The van der Waals surface area contributed by atoms with Gasteiger partial charge in [-0.05, 0) is 34.7 Å². The molecule has 1 heterocycles. The van der Waals surface area contributed by atoms with Crippen LogP contribution in [0.5, 0.6) is 5.75 Å². The summed E-state index contributed by atoms with van der Waals surface area (Å²) in [6, 6.07) is 3.30. The molecule has 0 atom stereocenters. The second-order valence-electron chi connectivity index (χ2n) is 4.53. The number of halogens is 2. The Morgan fingerprint density at radius 2 is 1.81 bits per heavy atom. The van der Waals surface area contributed by atoms with Crippen LogP contribution in [0.4, 0.5) is 4.79 Å². The minimum atomic E-state index is -0.961. The normalized spacial score (nSPS) is 15.0. The first-order chi connectivity index (χ1) is 9.93. The molecule has 0 bridgehead atoms. The summed E-state index contributed by atoms with van der Waals surface area (Å²) in [5.41, 5.74) is 0.395. The number of rotatable bonds is 2. The zero-order chi connectivity index (χ0) is 15.6. The van der Waals surface area contributed by atoms with E-state index in [2.05, 4.69) is 22.6 Å². The van der Waals surface area contributed by atoms with Gasteiger partial charge >= 0.3 is 6.09 Å². The molecular formula is C13H14ClIN2O4. The molecule has 1 fully saturated rings. The number of amides is 2. The van der Waals surface area contributed by atoms with Crippen LogP contribution in [0.1, 0.15) is 10.4 Å². The monoisotopic (exact) mass is 424 g/mol. The third-order valence-electron chi connectivity index (χ3n) is 3.31. The van der Waals surface area contributed by atoms with Crippen molar-refractivity contribution in [3.63, 3.8) is 0 Å². The van der Waals surface area contributed by atoms with Gasteiger partial charge in [-0.3, -0.25) is 4.79 Å². The third-order valence-corrected chi connectivity index (χ3v) is 4.83. The highest BCUT2D eigenvalue weighted by Crippen LogP contribution is 2.29. The molecule has 0 radical (unpaired) electrons. The number of carbonyl (C=O) groups excluding carboxylic acids is 1. The van der Waals surface area contributed by atoms with Gasteiger partial charge in [-0.1, -0.05) is 11.6 Å². The molecule has 1 aliphatic heterocycles. The van der Waals surface area contributed by atoms with Crippen molar-refractivity contribution in [3.05, 3.63) is 26.3 Å². The molecule has 0 unspecified atom stereocenters. The smallest absolute Gasteiger partial charge is 0.407 e. The second-order valence-corrected chi connectivity index (χ2v) is 6.10. The van der Waals surface area contributed by atoms with Crippen molar-refractivity contribution in [2.45, 2.75) is 0 Å². The van der Waals surface area contributed by atoms with Gasteiger partial charge < -0.3 is 19.6 Å². The molecule has 1 aromatic rings. The quantitative estimate of drug-likeness (QED) is 0.740. The van der Waals surface area contributed by atoms with Gasteiger partial charge in [-0.2, -0.15) is 0 Å². The van der Waals surface area contributed by atoms with Gasteiger partial charge in [0.05, 0.1) is 17.7 Å². The van der Waals surface area contributed by atoms with Crippen LogP contribution in [-0.4, -0.2) is 60.2 Å². The van der Waals surface area contributed by atoms with Crippen LogP contribution in [0.3, 0.4) is 0 Å². The van der Waals surface area contributed by atoms with Gasteiger partial charge in [0.1, 0.15) is 5.75 Å². The number of nitrogens with zero attached hydrogens (tertiary/aromatic N) is 2. The van der Waals surface area contributed by atoms with E-state index < -0.39 is 6.09 Å². The fourth-order valence-corrected chi connectivity index (χ4v) is 2.74. The van der Waals surface area contributed by atoms with Crippen LogP contribution in [0.25, 0.3) is 0 Å². The summed E-state index contributed by atoms with van der Waals surface area (Å²) in [4.78, 5) is 26.3. The first-order valence-corrected chi connectivity index (χ1v) is 7.70. The Kier molecular flexibility index (Phi) is 5.15. The first kappa shape index (κ1) is 16.2. The number of ether oxygens (including phenoxy) is 1. The molecular weight excluding hydrogens is 411 g/mol. The van der Waals surface area contributed by atoms with Crippen LogP contribution >= 0.6 is 34.2 Å². The lowest BCUT2D eigenvalue weighted by atomic mass is 10.1. The molecule has 1 N–H and O–H groups in total. The van der Waals surface area contributed by atoms with E-state index in [0.29, 0.717) is 42.5 Å². The summed E-state index contributed by atoms with van der Waals surface area (Å²) in [6.07, 6.45) is -0.961. The Labute approximate surface area is 140 Å². The summed E-state index contributed by atoms with van der Waals surface area (Å²) >= 11 is 8.14. The molecule has 21 heavy (non-hydrogen) atoms.